The van der Waals surface area contributed by atoms with E-state index in [1.54, 1.807) is 0 Å². The molecule has 0 unspecified atom stereocenters. The zero-order valence-electron chi connectivity index (χ0n) is 22.5. The number of hydrogen-bond acceptors (Lipinski definition) is 0. The quantitative estimate of drug-likeness (QED) is 0.265. The second kappa shape index (κ2) is 12.9. The minimum Gasteiger partial charge on any atom is -0.0735 e. The Balaban J connectivity index is -0.000000320. The van der Waals surface area contributed by atoms with Crippen LogP contribution in [-0.2, 0) is 0 Å². The number of rotatable bonds is 2. The van der Waals surface area contributed by atoms with E-state index in [-0.39, 0.29) is 58.9 Å². The van der Waals surface area contributed by atoms with Crippen LogP contribution in [0.1, 0.15) is 83.1 Å². The molecule has 0 aromatic rings. The second-order valence-electron chi connectivity index (χ2n) is 12.9. The van der Waals surface area contributed by atoms with Gasteiger partial charge in [0, 0.05) is 23.7 Å². The van der Waals surface area contributed by atoms with E-state index >= 15 is 0 Å². The molecule has 0 heterocycles. The van der Waals surface area contributed by atoms with Gasteiger partial charge >= 0.3 is 139 Å². The topological polar surface area (TPSA) is 0 Å². The van der Waals surface area contributed by atoms with Crippen molar-refractivity contribution >= 4 is 66.0 Å². The molecule has 0 atom stereocenters. The van der Waals surface area contributed by atoms with Crippen molar-refractivity contribution in [2.24, 2.45) is 0 Å². The first-order valence-corrected chi connectivity index (χ1v) is 26.2. The van der Waals surface area contributed by atoms with Crippen LogP contribution in [0.15, 0.2) is 0 Å². The molecule has 0 aliphatic heterocycles. The van der Waals surface area contributed by atoms with Crippen molar-refractivity contribution in [3.8, 4) is 0 Å². The van der Waals surface area contributed by atoms with Gasteiger partial charge in [0.2, 0.25) is 0 Å². The van der Waals surface area contributed by atoms with Gasteiger partial charge in [0.05, 0.1) is 0 Å². The van der Waals surface area contributed by atoms with Gasteiger partial charge in [-0.3, -0.25) is 0 Å². The fourth-order valence-electron chi connectivity index (χ4n) is 2.75. The van der Waals surface area contributed by atoms with Crippen molar-refractivity contribution in [3.63, 3.8) is 0 Å². The molecule has 0 fully saturated rings. The van der Waals surface area contributed by atoms with Crippen LogP contribution in [0.25, 0.3) is 0 Å². The van der Waals surface area contributed by atoms with Crippen molar-refractivity contribution < 1.29 is 0 Å². The second-order valence-corrected chi connectivity index (χ2v) is 53.7. The predicted molar refractivity (Wildman–Crippen MR) is 143 cm³/mol. The van der Waals surface area contributed by atoms with Crippen LogP contribution in [0.5, 0.6) is 0 Å². The molecule has 0 spiro atoms. The molecule has 5 heteroatoms. The molecule has 27 heavy (non-hydrogen) atoms. The first-order valence-electron chi connectivity index (χ1n) is 10.5. The maximum absolute atomic E-state index is 2.57. The van der Waals surface area contributed by atoms with E-state index in [4.69, 9.17) is 0 Å². The standard InChI is InChI=1S/C6H18Si3.4C4H9.2Sn/c1-7(2)9(5,6)8(3)4;4*1-4(2)3;;/h1-6H3;4*1-3H3;;. The van der Waals surface area contributed by atoms with Gasteiger partial charge in [-0.25, -0.2) is 0 Å². The molecule has 0 aromatic carbocycles. The maximum atomic E-state index is 2.57. The van der Waals surface area contributed by atoms with E-state index in [2.05, 4.69) is 122 Å². The van der Waals surface area contributed by atoms with Crippen molar-refractivity contribution in [2.75, 3.05) is 0 Å². The van der Waals surface area contributed by atoms with Gasteiger partial charge < -0.3 is 0 Å². The van der Waals surface area contributed by atoms with E-state index in [1.807, 2.05) is 0 Å². The third-order valence-electron chi connectivity index (χ3n) is 4.00. The molecule has 0 nitrogen and oxygen atoms in total. The molecule has 0 aromatic heterocycles. The van der Waals surface area contributed by atoms with E-state index in [9.17, 15) is 0 Å². The summed E-state index contributed by atoms with van der Waals surface area (Å²) < 4.78 is 2.62. The van der Waals surface area contributed by atoms with Gasteiger partial charge in [-0.1, -0.05) is 39.3 Å². The third kappa shape index (κ3) is 28.2. The van der Waals surface area contributed by atoms with Crippen LogP contribution in [-0.4, -0.2) is 66.0 Å². The van der Waals surface area contributed by atoms with E-state index in [0.29, 0.717) is 13.7 Å². The third-order valence-corrected chi connectivity index (χ3v) is 41.6. The first kappa shape index (κ1) is 33.9. The molecule has 0 saturated heterocycles. The number of hydrogen-bond donors (Lipinski definition) is 0. The zero-order chi connectivity index (χ0) is 23.1. The fourth-order valence-corrected chi connectivity index (χ4v) is 28.6. The minimum absolute atomic E-state index is 0.0738. The summed E-state index contributed by atoms with van der Waals surface area (Å²) in [5.41, 5.74) is 0. The molecule has 162 valence electrons. The van der Waals surface area contributed by atoms with Gasteiger partial charge in [-0.2, -0.15) is 0 Å². The molecule has 0 saturated carbocycles. The van der Waals surface area contributed by atoms with Gasteiger partial charge in [-0.05, 0) is 0 Å². The minimum atomic E-state index is -0.654. The Kier molecular flexibility index (Phi) is 16.2. The van der Waals surface area contributed by atoms with Crippen LogP contribution in [0.4, 0.5) is 0 Å². The average Bonchev–Trinajstić information content (AvgIpc) is 2.18. The van der Waals surface area contributed by atoms with Crippen molar-refractivity contribution in [1.29, 1.82) is 0 Å². The Morgan fingerprint density at radius 1 is 0.444 bits per heavy atom. The summed E-state index contributed by atoms with van der Waals surface area (Å²) in [4.78, 5) is 0. The van der Waals surface area contributed by atoms with Crippen LogP contribution in [0.3, 0.4) is 0 Å². The molecular weight excluding hydrogens is 586 g/mol. The molecular formula is C22H54Si3Sn2. The monoisotopic (exact) mass is 642 g/mol. The molecule has 0 amide bonds. The Bertz CT molecular complexity index is 316. The summed E-state index contributed by atoms with van der Waals surface area (Å²) in [6, 6.07) is 0. The summed E-state index contributed by atoms with van der Waals surface area (Å²) in [5.74, 6) is 0. The van der Waals surface area contributed by atoms with E-state index < -0.39 is 7.11 Å². The summed E-state index contributed by atoms with van der Waals surface area (Å²) in [6.45, 7) is 43.4. The maximum Gasteiger partial charge on any atom is 0.0307 e. The Morgan fingerprint density at radius 2 is 0.593 bits per heavy atom. The summed E-state index contributed by atoms with van der Waals surface area (Å²) in [7, 11) is -0.507. The van der Waals surface area contributed by atoms with Gasteiger partial charge in [-0.15, -0.1) is 0 Å². The van der Waals surface area contributed by atoms with Crippen molar-refractivity contribution in [2.45, 2.75) is 136 Å². The van der Waals surface area contributed by atoms with Crippen LogP contribution in [0, 0.1) is 0 Å². The fraction of sp³-hybridized carbons (Fsp3) is 1.00. The smallest absolute Gasteiger partial charge is 0.0307 e. The normalized spacial score (nSPS) is 13.8. The van der Waals surface area contributed by atoms with Crippen molar-refractivity contribution in [1.82, 2.24) is 0 Å². The zero-order valence-corrected chi connectivity index (χ0v) is 31.2. The SMILES string of the molecule is C[C](C)(C)[Sn][C](C)(C)C.C[C](C)(C)[Sn][C](C)(C)C.C[Si](C)[Si](C)(C)[Si](C)C. The van der Waals surface area contributed by atoms with Gasteiger partial charge in [0.25, 0.3) is 0 Å². The molecule has 0 aliphatic carbocycles. The molecule has 0 rings (SSSR count). The van der Waals surface area contributed by atoms with Gasteiger partial charge in [0.15, 0.2) is 0 Å². The Hall–Kier alpha value is 2.25. The first-order chi connectivity index (χ1) is 11.3. The van der Waals surface area contributed by atoms with Crippen molar-refractivity contribution in [3.05, 3.63) is 0 Å². The van der Waals surface area contributed by atoms with Crippen LogP contribution >= 0.6 is 0 Å². The van der Waals surface area contributed by atoms with Gasteiger partial charge in [0.1, 0.15) is 0 Å². The average molecular weight is 640 g/mol. The summed E-state index contributed by atoms with van der Waals surface area (Å²) in [5, 5.41) is 0. The Labute approximate surface area is 200 Å². The summed E-state index contributed by atoms with van der Waals surface area (Å²) in [6.07, 6.45) is 0. The van der Waals surface area contributed by atoms with E-state index in [1.165, 1.54) is 0 Å². The molecule has 0 aliphatic rings. The molecule has 0 bridgehead atoms. The Morgan fingerprint density at radius 3 is 0.593 bits per heavy atom. The molecule has 0 N–H and O–H groups in total. The van der Waals surface area contributed by atoms with Crippen LogP contribution < -0.4 is 0 Å². The molecule has 6 radical (unpaired) electrons. The largest absolute Gasteiger partial charge is 0.0735 e. The predicted octanol–water partition coefficient (Wildman–Crippen LogP) is 8.62. The van der Waals surface area contributed by atoms with Crippen LogP contribution in [0.2, 0.25) is 53.0 Å². The van der Waals surface area contributed by atoms with E-state index in [0.717, 1.165) is 0 Å². The summed E-state index contributed by atoms with van der Waals surface area (Å²) >= 11 is -0.363.